The second kappa shape index (κ2) is 29.7. The first-order valence-corrected chi connectivity index (χ1v) is 15.1. The van der Waals surface area contributed by atoms with Crippen molar-refractivity contribution in [3.8, 4) is 0 Å². The molecule has 0 saturated heterocycles. The molecule has 0 fully saturated rings. The van der Waals surface area contributed by atoms with Crippen LogP contribution in [-0.2, 0) is 0 Å². The fourth-order valence-corrected chi connectivity index (χ4v) is 4.76. The lowest BCUT2D eigenvalue weighted by Crippen LogP contribution is -2.14. The van der Waals surface area contributed by atoms with Crippen molar-refractivity contribution in [1.29, 1.82) is 0 Å². The van der Waals surface area contributed by atoms with E-state index in [4.69, 9.17) is 11.5 Å². The number of nitrogens with two attached hydrogens (primary N) is 2. The third kappa shape index (κ3) is 27.7. The highest BCUT2D eigenvalue weighted by Gasteiger charge is 2.08. The minimum absolute atomic E-state index is 0.856. The van der Waals surface area contributed by atoms with E-state index in [-0.39, 0.29) is 0 Å². The SMILES string of the molecule is CCCCCCCC/C=C\CNCCCCCCC(CCCCCCN)CCCCCCN. The summed E-state index contributed by atoms with van der Waals surface area (Å²) in [6.45, 7) is 6.22. The zero-order valence-corrected chi connectivity index (χ0v) is 22.8. The van der Waals surface area contributed by atoms with Crippen molar-refractivity contribution < 1.29 is 0 Å². The van der Waals surface area contributed by atoms with Crippen LogP contribution in [0.1, 0.15) is 148 Å². The molecule has 0 atom stereocenters. The summed E-state index contributed by atoms with van der Waals surface area (Å²) >= 11 is 0. The summed E-state index contributed by atoms with van der Waals surface area (Å²) in [6.07, 6.45) is 34.8. The van der Waals surface area contributed by atoms with E-state index in [0.717, 1.165) is 25.6 Å². The Hall–Kier alpha value is -0.380. The van der Waals surface area contributed by atoms with Gasteiger partial charge >= 0.3 is 0 Å². The molecule has 0 aromatic carbocycles. The van der Waals surface area contributed by atoms with Crippen LogP contribution in [-0.4, -0.2) is 26.2 Å². The number of nitrogens with one attached hydrogen (secondary N) is 1. The molecule has 0 saturated carbocycles. The maximum absolute atomic E-state index is 5.63. The third-order valence-corrected chi connectivity index (χ3v) is 7.00. The highest BCUT2D eigenvalue weighted by atomic mass is 14.8. The van der Waals surface area contributed by atoms with Crippen molar-refractivity contribution in [2.75, 3.05) is 26.2 Å². The highest BCUT2D eigenvalue weighted by molar-refractivity contribution is 4.83. The van der Waals surface area contributed by atoms with E-state index in [9.17, 15) is 0 Å². The summed E-state index contributed by atoms with van der Waals surface area (Å²) in [5.41, 5.74) is 11.3. The van der Waals surface area contributed by atoms with E-state index < -0.39 is 0 Å². The van der Waals surface area contributed by atoms with Gasteiger partial charge in [0, 0.05) is 6.54 Å². The van der Waals surface area contributed by atoms with Crippen LogP contribution in [0.4, 0.5) is 0 Å². The second-order valence-corrected chi connectivity index (χ2v) is 10.3. The van der Waals surface area contributed by atoms with Gasteiger partial charge in [-0.25, -0.2) is 0 Å². The molecule has 5 N–H and O–H groups in total. The average Bonchev–Trinajstić information content (AvgIpc) is 2.83. The predicted molar refractivity (Wildman–Crippen MR) is 151 cm³/mol. The third-order valence-electron chi connectivity index (χ3n) is 7.00. The van der Waals surface area contributed by atoms with E-state index in [2.05, 4.69) is 24.4 Å². The van der Waals surface area contributed by atoms with Gasteiger partial charge in [-0.1, -0.05) is 128 Å². The van der Waals surface area contributed by atoms with Crippen LogP contribution in [0.25, 0.3) is 0 Å². The molecule has 0 aliphatic rings. The molecular weight excluding hydrogens is 402 g/mol. The average molecular weight is 466 g/mol. The molecule has 33 heavy (non-hydrogen) atoms. The maximum Gasteiger partial charge on any atom is 0.0134 e. The molecule has 0 aliphatic heterocycles. The maximum atomic E-state index is 5.63. The lowest BCUT2D eigenvalue weighted by Gasteiger charge is -2.17. The van der Waals surface area contributed by atoms with Crippen LogP contribution in [0.2, 0.25) is 0 Å². The summed E-state index contributed by atoms with van der Waals surface area (Å²) < 4.78 is 0. The molecule has 198 valence electrons. The van der Waals surface area contributed by atoms with Crippen LogP contribution in [0.15, 0.2) is 12.2 Å². The summed E-state index contributed by atoms with van der Waals surface area (Å²) in [6, 6.07) is 0. The molecule has 0 radical (unpaired) electrons. The molecule has 0 heterocycles. The molecule has 0 aromatic heterocycles. The van der Waals surface area contributed by atoms with Gasteiger partial charge in [0.2, 0.25) is 0 Å². The first-order valence-electron chi connectivity index (χ1n) is 15.1. The lowest BCUT2D eigenvalue weighted by molar-refractivity contribution is 0.367. The number of unbranched alkanes of at least 4 members (excludes halogenated alkanes) is 15. The van der Waals surface area contributed by atoms with Crippen LogP contribution in [0, 0.1) is 5.92 Å². The fourth-order valence-electron chi connectivity index (χ4n) is 4.76. The molecule has 0 aromatic rings. The van der Waals surface area contributed by atoms with Crippen molar-refractivity contribution in [2.45, 2.75) is 148 Å². The van der Waals surface area contributed by atoms with Crippen molar-refractivity contribution in [3.05, 3.63) is 12.2 Å². The van der Waals surface area contributed by atoms with Gasteiger partial charge in [0.1, 0.15) is 0 Å². The molecule has 0 aliphatic carbocycles. The van der Waals surface area contributed by atoms with E-state index >= 15 is 0 Å². The molecule has 3 nitrogen and oxygen atoms in total. The molecule has 0 spiro atoms. The summed E-state index contributed by atoms with van der Waals surface area (Å²) in [5.74, 6) is 0.954. The Labute approximate surface area is 209 Å². The Kier molecular flexibility index (Phi) is 29.3. The van der Waals surface area contributed by atoms with E-state index in [1.54, 1.807) is 0 Å². The zero-order valence-electron chi connectivity index (χ0n) is 22.8. The summed E-state index contributed by atoms with van der Waals surface area (Å²) in [4.78, 5) is 0. The minimum atomic E-state index is 0.856. The quantitative estimate of drug-likeness (QED) is 0.0804. The van der Waals surface area contributed by atoms with E-state index in [1.165, 1.54) is 148 Å². The summed E-state index contributed by atoms with van der Waals surface area (Å²) in [7, 11) is 0. The van der Waals surface area contributed by atoms with Crippen molar-refractivity contribution in [1.82, 2.24) is 5.32 Å². The predicted octanol–water partition coefficient (Wildman–Crippen LogP) is 8.27. The van der Waals surface area contributed by atoms with Crippen molar-refractivity contribution >= 4 is 0 Å². The largest absolute Gasteiger partial charge is 0.330 e. The lowest BCUT2D eigenvalue weighted by atomic mass is 9.89. The first-order chi connectivity index (χ1) is 16.3. The van der Waals surface area contributed by atoms with Gasteiger partial charge in [0.25, 0.3) is 0 Å². The zero-order chi connectivity index (χ0) is 24.1. The Morgan fingerprint density at radius 3 is 1.61 bits per heavy atom. The Balaban J connectivity index is 3.62. The van der Waals surface area contributed by atoms with E-state index in [1.807, 2.05) is 0 Å². The number of allylic oxidation sites excluding steroid dienone is 1. The van der Waals surface area contributed by atoms with E-state index in [0.29, 0.717) is 0 Å². The smallest absolute Gasteiger partial charge is 0.0134 e. The van der Waals surface area contributed by atoms with Crippen LogP contribution in [0.5, 0.6) is 0 Å². The molecule has 3 heteroatoms. The van der Waals surface area contributed by atoms with Gasteiger partial charge in [-0.2, -0.15) is 0 Å². The standard InChI is InChI=1S/C30H63N3/c1-2-3-4-5-6-7-8-14-21-28-33-29-22-15-11-18-25-30(23-16-9-12-19-26-31)24-17-10-13-20-27-32/h14,21,30,33H,2-13,15-20,22-29,31-32H2,1H3/b21-14-. The van der Waals surface area contributed by atoms with Crippen LogP contribution in [0.3, 0.4) is 0 Å². The summed E-state index contributed by atoms with van der Waals surface area (Å²) in [5, 5.41) is 3.59. The minimum Gasteiger partial charge on any atom is -0.330 e. The first kappa shape index (κ1) is 32.6. The van der Waals surface area contributed by atoms with Crippen LogP contribution >= 0.6 is 0 Å². The van der Waals surface area contributed by atoms with Crippen LogP contribution < -0.4 is 16.8 Å². The van der Waals surface area contributed by atoms with Gasteiger partial charge < -0.3 is 16.8 Å². The molecule has 0 bridgehead atoms. The number of hydrogen-bond donors (Lipinski definition) is 3. The number of hydrogen-bond acceptors (Lipinski definition) is 3. The van der Waals surface area contributed by atoms with Crippen molar-refractivity contribution in [3.63, 3.8) is 0 Å². The van der Waals surface area contributed by atoms with Gasteiger partial charge in [0.15, 0.2) is 0 Å². The Morgan fingerprint density at radius 2 is 1.03 bits per heavy atom. The highest BCUT2D eigenvalue weighted by Crippen LogP contribution is 2.24. The molecular formula is C30H63N3. The molecule has 0 unspecified atom stereocenters. The normalized spacial score (nSPS) is 11.9. The molecule has 0 amide bonds. The van der Waals surface area contributed by atoms with Crippen molar-refractivity contribution in [2.24, 2.45) is 17.4 Å². The Bertz CT molecular complexity index is 356. The van der Waals surface area contributed by atoms with Gasteiger partial charge in [-0.05, 0) is 57.7 Å². The fraction of sp³-hybridized carbons (Fsp3) is 0.933. The second-order valence-electron chi connectivity index (χ2n) is 10.3. The monoisotopic (exact) mass is 466 g/mol. The number of rotatable bonds is 28. The van der Waals surface area contributed by atoms with Gasteiger partial charge in [-0.3, -0.25) is 0 Å². The molecule has 0 rings (SSSR count). The van der Waals surface area contributed by atoms with Gasteiger partial charge in [-0.15, -0.1) is 0 Å². The van der Waals surface area contributed by atoms with Gasteiger partial charge in [0.05, 0.1) is 0 Å². The Morgan fingerprint density at radius 1 is 0.545 bits per heavy atom. The topological polar surface area (TPSA) is 64.1 Å².